The zero-order valence-electron chi connectivity index (χ0n) is 13.4. The Morgan fingerprint density at radius 1 is 1.37 bits per heavy atom. The summed E-state index contributed by atoms with van der Waals surface area (Å²) in [6.07, 6.45) is 0.782. The summed E-state index contributed by atoms with van der Waals surface area (Å²) < 4.78 is 67.5. The Morgan fingerprint density at radius 3 is 2.70 bits per heavy atom. The fraction of sp³-hybridized carbons (Fsp3) is 0.357. The van der Waals surface area contributed by atoms with E-state index in [1.165, 1.54) is 22.9 Å². The molecule has 0 saturated heterocycles. The Kier molecular flexibility index (Phi) is 4.59. The van der Waals surface area contributed by atoms with Crippen LogP contribution in [0.4, 0.5) is 13.2 Å². The fourth-order valence-electron chi connectivity index (χ4n) is 2.51. The van der Waals surface area contributed by atoms with Crippen molar-refractivity contribution in [3.05, 3.63) is 28.1 Å². The summed E-state index contributed by atoms with van der Waals surface area (Å²) in [5, 5.41) is 7.31. The van der Waals surface area contributed by atoms with Crippen molar-refractivity contribution >= 4 is 41.6 Å². The van der Waals surface area contributed by atoms with E-state index in [-0.39, 0.29) is 24.9 Å². The van der Waals surface area contributed by atoms with Crippen molar-refractivity contribution in [3.8, 4) is 10.4 Å². The van der Waals surface area contributed by atoms with Gasteiger partial charge >= 0.3 is 162 Å². The molecule has 0 unspecified atom stereocenters. The first-order chi connectivity index (χ1) is 12.7. The van der Waals surface area contributed by atoms with Crippen LogP contribution in [-0.2, 0) is 10.0 Å². The Bertz CT molecular complexity index is 1130. The number of hydrogen-bond donors (Lipinski definition) is 1. The summed E-state index contributed by atoms with van der Waals surface area (Å²) >= 11 is 5.35. The molecule has 0 atom stereocenters. The number of fused-ring (bicyclic) bond motifs is 1. The number of alkyl halides is 3. The van der Waals surface area contributed by atoms with Gasteiger partial charge in [0.15, 0.2) is 0 Å². The van der Waals surface area contributed by atoms with Crippen LogP contribution in [0.3, 0.4) is 0 Å². The molecule has 144 valence electrons. The zero-order valence-corrected chi connectivity index (χ0v) is 16.6. The molecule has 0 radical (unpaired) electrons. The minimum atomic E-state index is -4.03. The standard InChI is InChI=1S/C14H11ClF3N5O2SSe/c15-8-3-7(26(24,25)22-14(6-16)1-2-14)5-23-9(8)4-19-11(23)13-21-20-12(27-13)10(17)18/h3-5,10,22H,1-2,6H2. The van der Waals surface area contributed by atoms with Gasteiger partial charge in [-0.25, -0.2) is 0 Å². The SMILES string of the molecule is O=S(=O)(NC1(CF)CC1)c1cc(Cl)c2cnc(-c3nnc(C(F)F)[se]3)n2c1. The number of imidazole rings is 1. The normalized spacial score (nSPS) is 16.3. The molecule has 27 heavy (non-hydrogen) atoms. The Labute approximate surface area is 162 Å². The molecule has 0 aliphatic heterocycles. The summed E-state index contributed by atoms with van der Waals surface area (Å²) in [5.74, 6) is 0.190. The van der Waals surface area contributed by atoms with Crippen LogP contribution < -0.4 is 4.72 Å². The van der Waals surface area contributed by atoms with Crippen molar-refractivity contribution in [2.24, 2.45) is 0 Å². The molecule has 7 nitrogen and oxygen atoms in total. The summed E-state index contributed by atoms with van der Waals surface area (Å²) in [6, 6.07) is 1.24. The van der Waals surface area contributed by atoms with Gasteiger partial charge in [0, 0.05) is 0 Å². The van der Waals surface area contributed by atoms with E-state index in [0.717, 1.165) is 0 Å². The zero-order chi connectivity index (χ0) is 19.4. The molecule has 0 spiro atoms. The number of aromatic nitrogens is 4. The predicted molar refractivity (Wildman–Crippen MR) is 91.4 cm³/mol. The van der Waals surface area contributed by atoms with Gasteiger partial charge in [-0.15, -0.1) is 0 Å². The molecule has 1 aliphatic rings. The molecule has 3 aromatic heterocycles. The molecular weight excluding hydrogens is 474 g/mol. The Hall–Kier alpha value is -1.46. The quantitative estimate of drug-likeness (QED) is 0.542. The van der Waals surface area contributed by atoms with Gasteiger partial charge in [-0.3, -0.25) is 0 Å². The molecule has 1 aliphatic carbocycles. The van der Waals surface area contributed by atoms with Crippen LogP contribution in [0.25, 0.3) is 15.9 Å². The minimum absolute atomic E-state index is 0.0998. The summed E-state index contributed by atoms with van der Waals surface area (Å²) in [5.41, 5.74) is -0.669. The van der Waals surface area contributed by atoms with Crippen molar-refractivity contribution in [2.45, 2.75) is 29.7 Å². The van der Waals surface area contributed by atoms with E-state index < -0.39 is 43.2 Å². The Balaban J connectivity index is 1.80. The summed E-state index contributed by atoms with van der Waals surface area (Å²) in [6.45, 7) is -0.800. The average Bonchev–Trinajstić information content (AvgIpc) is 3.03. The van der Waals surface area contributed by atoms with Gasteiger partial charge in [-0.1, -0.05) is 0 Å². The molecular formula is C14H11ClF3N5O2SSe. The van der Waals surface area contributed by atoms with E-state index >= 15 is 0 Å². The van der Waals surface area contributed by atoms with E-state index in [2.05, 4.69) is 19.9 Å². The number of pyridine rings is 1. The second kappa shape index (κ2) is 6.56. The molecule has 3 aromatic rings. The number of nitrogens with one attached hydrogen (secondary N) is 1. The fourth-order valence-corrected chi connectivity index (χ4v) is 5.75. The predicted octanol–water partition coefficient (Wildman–Crippen LogP) is 2.22. The van der Waals surface area contributed by atoms with E-state index in [4.69, 9.17) is 11.6 Å². The molecule has 3 heterocycles. The first kappa shape index (κ1) is 18.9. The number of hydrogen-bond acceptors (Lipinski definition) is 5. The van der Waals surface area contributed by atoms with Crippen LogP contribution in [-0.4, -0.2) is 54.7 Å². The second-order valence-corrected chi connectivity index (χ2v) is 10.3. The molecule has 0 bridgehead atoms. The summed E-state index contributed by atoms with van der Waals surface area (Å²) in [7, 11) is -4.03. The number of halogens is 4. The van der Waals surface area contributed by atoms with Crippen molar-refractivity contribution in [3.63, 3.8) is 0 Å². The number of sulfonamides is 1. The van der Waals surface area contributed by atoms with Gasteiger partial charge in [0.25, 0.3) is 0 Å². The van der Waals surface area contributed by atoms with E-state index in [1.54, 1.807) is 0 Å². The van der Waals surface area contributed by atoms with Crippen molar-refractivity contribution in [2.75, 3.05) is 6.67 Å². The third-order valence-corrected chi connectivity index (χ3v) is 7.95. The molecule has 0 aromatic carbocycles. The molecule has 1 saturated carbocycles. The maximum atomic E-state index is 13.1. The van der Waals surface area contributed by atoms with Gasteiger partial charge < -0.3 is 0 Å². The van der Waals surface area contributed by atoms with Crippen LogP contribution in [0.15, 0.2) is 23.4 Å². The van der Waals surface area contributed by atoms with Gasteiger partial charge in [0.2, 0.25) is 0 Å². The topological polar surface area (TPSA) is 89.2 Å². The number of rotatable bonds is 6. The molecule has 0 amide bonds. The van der Waals surface area contributed by atoms with E-state index in [1.807, 2.05) is 0 Å². The van der Waals surface area contributed by atoms with Crippen molar-refractivity contribution < 1.29 is 21.6 Å². The third-order valence-electron chi connectivity index (χ3n) is 4.16. The van der Waals surface area contributed by atoms with E-state index in [9.17, 15) is 21.6 Å². The van der Waals surface area contributed by atoms with Crippen LogP contribution >= 0.6 is 11.6 Å². The van der Waals surface area contributed by atoms with Gasteiger partial charge in [-0.05, 0) is 0 Å². The van der Waals surface area contributed by atoms with Crippen LogP contribution in [0, 0.1) is 0 Å². The van der Waals surface area contributed by atoms with Gasteiger partial charge in [-0.2, -0.15) is 0 Å². The molecule has 4 rings (SSSR count). The first-order valence-corrected chi connectivity index (χ1v) is 11.2. The first-order valence-electron chi connectivity index (χ1n) is 7.63. The second-order valence-electron chi connectivity index (χ2n) is 6.13. The van der Waals surface area contributed by atoms with E-state index in [0.29, 0.717) is 18.4 Å². The van der Waals surface area contributed by atoms with Gasteiger partial charge in [0.05, 0.1) is 0 Å². The van der Waals surface area contributed by atoms with Crippen molar-refractivity contribution in [1.29, 1.82) is 0 Å². The van der Waals surface area contributed by atoms with Crippen LogP contribution in [0.1, 0.15) is 23.8 Å². The maximum absolute atomic E-state index is 13.1. The molecule has 1 fully saturated rings. The monoisotopic (exact) mass is 485 g/mol. The Morgan fingerprint density at radius 2 is 2.11 bits per heavy atom. The number of nitrogens with zero attached hydrogens (tertiary/aromatic N) is 4. The summed E-state index contributed by atoms with van der Waals surface area (Å²) in [4.78, 5) is 3.95. The average molecular weight is 485 g/mol. The van der Waals surface area contributed by atoms with Gasteiger partial charge in [0.1, 0.15) is 0 Å². The van der Waals surface area contributed by atoms with Crippen LogP contribution in [0.2, 0.25) is 5.02 Å². The molecule has 1 N–H and O–H groups in total. The molecule has 13 heteroatoms. The van der Waals surface area contributed by atoms with Crippen molar-refractivity contribution in [1.82, 2.24) is 24.3 Å². The van der Waals surface area contributed by atoms with Crippen LogP contribution in [0.5, 0.6) is 0 Å². The third kappa shape index (κ3) is 3.40.